The molecule has 0 aromatic rings. The molecule has 2 rings (SSSR count). The molecule has 2 fully saturated rings. The zero-order chi connectivity index (χ0) is 10.0. The van der Waals surface area contributed by atoms with Crippen LogP contribution in [0.25, 0.3) is 0 Å². The molecule has 2 unspecified atom stereocenters. The Morgan fingerprint density at radius 2 is 1.93 bits per heavy atom. The third kappa shape index (κ3) is 2.62. The van der Waals surface area contributed by atoms with Gasteiger partial charge in [-0.25, -0.2) is 8.42 Å². The van der Waals surface area contributed by atoms with Gasteiger partial charge in [0.05, 0.1) is 36.9 Å². The van der Waals surface area contributed by atoms with Crippen molar-refractivity contribution in [1.82, 2.24) is 0 Å². The van der Waals surface area contributed by atoms with Crippen LogP contribution in [0, 0.1) is 0 Å². The predicted octanol–water partition coefficient (Wildman–Crippen LogP) is -0.0680. The predicted molar refractivity (Wildman–Crippen MR) is 55.5 cm³/mol. The summed E-state index contributed by atoms with van der Waals surface area (Å²) in [6.45, 7) is 1.02. The first-order valence-corrected chi connectivity index (χ1v) is 7.66. The van der Waals surface area contributed by atoms with Crippen LogP contribution in [0.5, 0.6) is 0 Å². The monoisotopic (exact) mass is 238 g/mol. The highest BCUT2D eigenvalue weighted by Gasteiger charge is 2.33. The second kappa shape index (κ2) is 4.38. The molecule has 2 aliphatic heterocycles. The maximum atomic E-state index is 11.4. The lowest BCUT2D eigenvalue weighted by Gasteiger charge is -2.32. The molecule has 0 bridgehead atoms. The molecule has 0 aliphatic carbocycles. The van der Waals surface area contributed by atoms with Crippen molar-refractivity contribution in [2.75, 3.05) is 36.2 Å². The van der Waals surface area contributed by atoms with E-state index >= 15 is 0 Å². The van der Waals surface area contributed by atoms with Crippen molar-refractivity contribution in [3.05, 3.63) is 0 Å². The molecule has 2 atom stereocenters. The molecule has 0 saturated carbocycles. The number of thioether (sulfide) groups is 1. The molecular formula is C8H14O4S2. The molecule has 0 amide bonds. The van der Waals surface area contributed by atoms with Crippen LogP contribution in [0.3, 0.4) is 0 Å². The minimum absolute atomic E-state index is 0.0381. The molecule has 2 aliphatic rings. The van der Waals surface area contributed by atoms with Crippen LogP contribution in [-0.2, 0) is 19.3 Å². The fraction of sp³-hybridized carbons (Fsp3) is 1.00. The van der Waals surface area contributed by atoms with Crippen LogP contribution in [-0.4, -0.2) is 56.9 Å². The Kier molecular flexibility index (Phi) is 3.36. The Morgan fingerprint density at radius 1 is 1.14 bits per heavy atom. The number of sulfone groups is 1. The molecular weight excluding hydrogens is 224 g/mol. The van der Waals surface area contributed by atoms with E-state index in [9.17, 15) is 8.42 Å². The number of ether oxygens (including phenoxy) is 2. The van der Waals surface area contributed by atoms with Gasteiger partial charge in [0, 0.05) is 11.5 Å². The normalized spacial score (nSPS) is 38.0. The molecule has 14 heavy (non-hydrogen) atoms. The minimum atomic E-state index is -2.90. The summed E-state index contributed by atoms with van der Waals surface area (Å²) < 4.78 is 33.7. The van der Waals surface area contributed by atoms with Crippen LogP contribution >= 0.6 is 11.8 Å². The lowest BCUT2D eigenvalue weighted by atomic mass is 10.2. The fourth-order valence-corrected chi connectivity index (χ4v) is 3.90. The van der Waals surface area contributed by atoms with Crippen LogP contribution in [0.15, 0.2) is 0 Å². The maximum Gasteiger partial charge on any atom is 0.155 e. The molecule has 0 N–H and O–H groups in total. The quantitative estimate of drug-likeness (QED) is 0.640. The average Bonchev–Trinajstić information content (AvgIpc) is 2.18. The van der Waals surface area contributed by atoms with Crippen molar-refractivity contribution < 1.29 is 17.9 Å². The Bertz CT molecular complexity index is 282. The highest BCUT2D eigenvalue weighted by molar-refractivity contribution is 7.99. The summed E-state index contributed by atoms with van der Waals surface area (Å²) in [4.78, 5) is 0. The zero-order valence-electron chi connectivity index (χ0n) is 7.85. The van der Waals surface area contributed by atoms with Gasteiger partial charge in [0.25, 0.3) is 0 Å². The van der Waals surface area contributed by atoms with E-state index in [4.69, 9.17) is 9.47 Å². The Labute approximate surface area is 88.3 Å². The van der Waals surface area contributed by atoms with Crippen molar-refractivity contribution in [2.24, 2.45) is 0 Å². The summed E-state index contributed by atoms with van der Waals surface area (Å²) in [5.41, 5.74) is 0. The van der Waals surface area contributed by atoms with Crippen LogP contribution in [0.4, 0.5) is 0 Å². The van der Waals surface area contributed by atoms with Gasteiger partial charge in [-0.15, -0.1) is 0 Å². The first kappa shape index (κ1) is 10.7. The molecule has 82 valence electrons. The largest absolute Gasteiger partial charge is 0.374 e. The Hall–Kier alpha value is 0.220. The van der Waals surface area contributed by atoms with E-state index in [2.05, 4.69) is 0 Å². The van der Waals surface area contributed by atoms with Crippen molar-refractivity contribution in [2.45, 2.75) is 12.2 Å². The standard InChI is InChI=1S/C8H14O4S2/c9-14(10)4-2-12-8(6-14)7-5-13-3-1-11-7/h7-8H,1-6H2. The highest BCUT2D eigenvalue weighted by atomic mass is 32.2. The van der Waals surface area contributed by atoms with Crippen LogP contribution < -0.4 is 0 Å². The fourth-order valence-electron chi connectivity index (χ4n) is 1.64. The Balaban J connectivity index is 1.96. The van der Waals surface area contributed by atoms with Crippen molar-refractivity contribution in [3.8, 4) is 0 Å². The van der Waals surface area contributed by atoms with Crippen LogP contribution in [0.2, 0.25) is 0 Å². The van der Waals surface area contributed by atoms with E-state index in [1.807, 2.05) is 0 Å². The summed E-state index contributed by atoms with van der Waals surface area (Å²) in [5, 5.41) is 0. The Morgan fingerprint density at radius 3 is 2.57 bits per heavy atom. The van der Waals surface area contributed by atoms with Gasteiger partial charge in [-0.3, -0.25) is 0 Å². The summed E-state index contributed by atoms with van der Waals surface area (Å²) >= 11 is 1.80. The van der Waals surface area contributed by atoms with Gasteiger partial charge in [-0.1, -0.05) is 0 Å². The number of hydrogen-bond donors (Lipinski definition) is 0. The molecule has 4 nitrogen and oxygen atoms in total. The topological polar surface area (TPSA) is 52.6 Å². The molecule has 0 spiro atoms. The lowest BCUT2D eigenvalue weighted by molar-refractivity contribution is -0.0503. The van der Waals surface area contributed by atoms with E-state index in [1.54, 1.807) is 11.8 Å². The summed E-state index contributed by atoms with van der Waals surface area (Å²) in [7, 11) is -2.90. The first-order valence-electron chi connectivity index (χ1n) is 4.69. The van der Waals surface area contributed by atoms with E-state index in [1.165, 1.54) is 0 Å². The molecule has 0 aromatic carbocycles. The second-order valence-corrected chi connectivity index (χ2v) is 6.89. The maximum absolute atomic E-state index is 11.4. The smallest absolute Gasteiger partial charge is 0.155 e. The van der Waals surface area contributed by atoms with Gasteiger partial charge >= 0.3 is 0 Å². The van der Waals surface area contributed by atoms with Gasteiger partial charge < -0.3 is 9.47 Å². The minimum Gasteiger partial charge on any atom is -0.374 e. The second-order valence-electron chi connectivity index (χ2n) is 3.51. The summed E-state index contributed by atoms with van der Waals surface area (Å²) in [6.07, 6.45) is -0.287. The van der Waals surface area contributed by atoms with Gasteiger partial charge in [0.1, 0.15) is 0 Å². The van der Waals surface area contributed by atoms with Gasteiger partial charge in [0.15, 0.2) is 9.84 Å². The van der Waals surface area contributed by atoms with E-state index in [-0.39, 0.29) is 23.7 Å². The van der Waals surface area contributed by atoms with Crippen molar-refractivity contribution in [3.63, 3.8) is 0 Å². The van der Waals surface area contributed by atoms with Gasteiger partial charge in [-0.05, 0) is 0 Å². The average molecular weight is 238 g/mol. The van der Waals surface area contributed by atoms with Gasteiger partial charge in [0.2, 0.25) is 0 Å². The summed E-state index contributed by atoms with van der Waals surface area (Å²) in [5.74, 6) is 2.12. The molecule has 2 heterocycles. The first-order chi connectivity index (χ1) is 6.67. The van der Waals surface area contributed by atoms with E-state index < -0.39 is 9.84 Å². The molecule has 0 radical (unpaired) electrons. The molecule has 6 heteroatoms. The van der Waals surface area contributed by atoms with Crippen molar-refractivity contribution in [1.29, 1.82) is 0 Å². The third-order valence-electron chi connectivity index (χ3n) is 2.40. The van der Waals surface area contributed by atoms with Crippen molar-refractivity contribution >= 4 is 21.6 Å². The molecule has 0 aromatic heterocycles. The number of hydrogen-bond acceptors (Lipinski definition) is 5. The SMILES string of the molecule is O=S1(=O)CCOC(C2CSCCO2)C1. The third-order valence-corrected chi connectivity index (χ3v) is 5.05. The van der Waals surface area contributed by atoms with E-state index in [0.717, 1.165) is 11.5 Å². The molecule has 2 saturated heterocycles. The highest BCUT2D eigenvalue weighted by Crippen LogP contribution is 2.20. The summed E-state index contributed by atoms with van der Waals surface area (Å²) in [6, 6.07) is 0. The van der Waals surface area contributed by atoms with E-state index in [0.29, 0.717) is 13.2 Å². The lowest BCUT2D eigenvalue weighted by Crippen LogP contribution is -2.45. The van der Waals surface area contributed by atoms with Gasteiger partial charge in [-0.2, -0.15) is 11.8 Å². The zero-order valence-corrected chi connectivity index (χ0v) is 9.48. The number of rotatable bonds is 1. The van der Waals surface area contributed by atoms with Crippen LogP contribution in [0.1, 0.15) is 0 Å².